The smallest absolute Gasteiger partial charge is 0.241 e. The van der Waals surface area contributed by atoms with Gasteiger partial charge in [-0.3, -0.25) is 10.1 Å². The van der Waals surface area contributed by atoms with Gasteiger partial charge in [-0.25, -0.2) is 0 Å². The van der Waals surface area contributed by atoms with Crippen LogP contribution in [0.15, 0.2) is 24.3 Å². The molecule has 2 aliphatic rings. The van der Waals surface area contributed by atoms with Gasteiger partial charge in [-0.2, -0.15) is 0 Å². The molecular formula is C17H24N2O2. The van der Waals surface area contributed by atoms with Gasteiger partial charge in [0.05, 0.1) is 12.1 Å². The molecule has 3 atom stereocenters. The lowest BCUT2D eigenvalue weighted by atomic mass is 10.1. The van der Waals surface area contributed by atoms with Crippen LogP contribution in [0.1, 0.15) is 43.5 Å². The molecule has 2 heterocycles. The van der Waals surface area contributed by atoms with Crippen molar-refractivity contribution in [2.75, 3.05) is 13.2 Å². The number of amides is 1. The van der Waals surface area contributed by atoms with Gasteiger partial charge in [0.1, 0.15) is 6.17 Å². The largest absolute Gasteiger partial charge is 0.376 e. The minimum Gasteiger partial charge on any atom is -0.376 e. The molecule has 2 aliphatic heterocycles. The van der Waals surface area contributed by atoms with Crippen molar-refractivity contribution in [1.29, 1.82) is 0 Å². The first kappa shape index (κ1) is 14.5. The molecule has 2 fully saturated rings. The van der Waals surface area contributed by atoms with E-state index in [1.54, 1.807) is 0 Å². The fraction of sp³-hybridized carbons (Fsp3) is 0.588. The van der Waals surface area contributed by atoms with Crippen LogP contribution in [-0.2, 0) is 9.53 Å². The van der Waals surface area contributed by atoms with Crippen molar-refractivity contribution in [3.8, 4) is 0 Å². The molecule has 4 nitrogen and oxygen atoms in total. The molecule has 0 radical (unpaired) electrons. The maximum Gasteiger partial charge on any atom is 0.241 e. The molecule has 0 saturated carbocycles. The van der Waals surface area contributed by atoms with Gasteiger partial charge in [0.2, 0.25) is 5.91 Å². The number of aryl methyl sites for hydroxylation is 1. The first-order valence-electron chi connectivity index (χ1n) is 7.93. The van der Waals surface area contributed by atoms with Gasteiger partial charge in [0.25, 0.3) is 0 Å². The van der Waals surface area contributed by atoms with Crippen LogP contribution in [0.4, 0.5) is 0 Å². The Morgan fingerprint density at radius 1 is 1.33 bits per heavy atom. The number of hydrogen-bond donors (Lipinski definition) is 1. The molecule has 0 aliphatic carbocycles. The van der Waals surface area contributed by atoms with Crippen LogP contribution in [0.5, 0.6) is 0 Å². The highest BCUT2D eigenvalue weighted by Gasteiger charge is 2.39. The summed E-state index contributed by atoms with van der Waals surface area (Å²) in [5.74, 6) is 0.207. The van der Waals surface area contributed by atoms with E-state index in [1.165, 1.54) is 5.56 Å². The Labute approximate surface area is 126 Å². The molecule has 1 N–H and O–H groups in total. The van der Waals surface area contributed by atoms with E-state index in [0.29, 0.717) is 6.54 Å². The van der Waals surface area contributed by atoms with Gasteiger partial charge >= 0.3 is 0 Å². The lowest BCUT2D eigenvalue weighted by Crippen LogP contribution is -2.37. The standard InChI is InChI=1S/C17H24N2O2/c1-3-15-17(20)19(11-14-5-4-10-21-14)16(18-15)13-8-6-12(2)7-9-13/h6-9,14-16,18H,3-5,10-11H2,1-2H3. The zero-order valence-corrected chi connectivity index (χ0v) is 12.8. The maximum absolute atomic E-state index is 12.6. The summed E-state index contributed by atoms with van der Waals surface area (Å²) >= 11 is 0. The molecule has 1 amide bonds. The van der Waals surface area contributed by atoms with E-state index in [0.717, 1.165) is 31.4 Å². The Morgan fingerprint density at radius 2 is 2.10 bits per heavy atom. The molecule has 1 aromatic rings. The second-order valence-electron chi connectivity index (χ2n) is 6.07. The molecule has 3 unspecified atom stereocenters. The fourth-order valence-electron chi connectivity index (χ4n) is 3.20. The molecule has 0 bridgehead atoms. The van der Waals surface area contributed by atoms with Crippen molar-refractivity contribution in [2.45, 2.75) is 51.4 Å². The minimum atomic E-state index is -0.0716. The number of benzene rings is 1. The van der Waals surface area contributed by atoms with Crippen molar-refractivity contribution in [2.24, 2.45) is 0 Å². The van der Waals surface area contributed by atoms with Gasteiger partial charge in [-0.15, -0.1) is 0 Å². The van der Waals surface area contributed by atoms with Crippen LogP contribution in [0.3, 0.4) is 0 Å². The molecule has 21 heavy (non-hydrogen) atoms. The Bertz CT molecular complexity index is 494. The molecule has 0 aromatic heterocycles. The van der Waals surface area contributed by atoms with Crippen molar-refractivity contribution in [1.82, 2.24) is 10.2 Å². The summed E-state index contributed by atoms with van der Waals surface area (Å²) in [5, 5.41) is 3.47. The zero-order valence-electron chi connectivity index (χ0n) is 12.8. The molecule has 1 aromatic carbocycles. The van der Waals surface area contributed by atoms with Gasteiger partial charge in [0.15, 0.2) is 0 Å². The van der Waals surface area contributed by atoms with E-state index in [9.17, 15) is 4.79 Å². The molecule has 4 heteroatoms. The normalized spacial score (nSPS) is 29.3. The lowest BCUT2D eigenvalue weighted by molar-refractivity contribution is -0.131. The Hall–Kier alpha value is -1.39. The van der Waals surface area contributed by atoms with Crippen LogP contribution in [0, 0.1) is 6.92 Å². The highest BCUT2D eigenvalue weighted by Crippen LogP contribution is 2.28. The average molecular weight is 288 g/mol. The van der Waals surface area contributed by atoms with Gasteiger partial charge in [-0.05, 0) is 31.7 Å². The fourth-order valence-corrected chi connectivity index (χ4v) is 3.20. The molecule has 3 rings (SSSR count). The summed E-state index contributed by atoms with van der Waals surface area (Å²) < 4.78 is 5.71. The number of nitrogens with zero attached hydrogens (tertiary/aromatic N) is 1. The number of carbonyl (C=O) groups excluding carboxylic acids is 1. The second kappa shape index (κ2) is 6.16. The number of rotatable bonds is 4. The second-order valence-corrected chi connectivity index (χ2v) is 6.07. The monoisotopic (exact) mass is 288 g/mol. The topological polar surface area (TPSA) is 41.6 Å². The predicted molar refractivity (Wildman–Crippen MR) is 81.8 cm³/mol. The number of hydrogen-bond acceptors (Lipinski definition) is 3. The van der Waals surface area contributed by atoms with E-state index >= 15 is 0 Å². The van der Waals surface area contributed by atoms with E-state index in [2.05, 4.69) is 43.4 Å². The van der Waals surface area contributed by atoms with E-state index in [1.807, 2.05) is 4.90 Å². The van der Waals surface area contributed by atoms with Crippen LogP contribution in [0.2, 0.25) is 0 Å². The van der Waals surface area contributed by atoms with Crippen molar-refractivity contribution < 1.29 is 9.53 Å². The number of nitrogens with one attached hydrogen (secondary N) is 1. The summed E-state index contributed by atoms with van der Waals surface area (Å²) in [7, 11) is 0. The third-order valence-electron chi connectivity index (χ3n) is 4.48. The van der Waals surface area contributed by atoms with Gasteiger partial charge in [-0.1, -0.05) is 36.8 Å². The summed E-state index contributed by atoms with van der Waals surface area (Å²) in [4.78, 5) is 14.5. The average Bonchev–Trinajstić information content (AvgIpc) is 3.10. The van der Waals surface area contributed by atoms with Crippen LogP contribution in [0.25, 0.3) is 0 Å². The third kappa shape index (κ3) is 2.97. The summed E-state index contributed by atoms with van der Waals surface area (Å²) in [6.45, 7) is 5.65. The SMILES string of the molecule is CCC1NC(c2ccc(C)cc2)N(CC2CCCO2)C1=O. The molecule has 2 saturated heterocycles. The van der Waals surface area contributed by atoms with Crippen LogP contribution in [-0.4, -0.2) is 36.1 Å². The Kier molecular flexibility index (Phi) is 4.27. The zero-order chi connectivity index (χ0) is 14.8. The van der Waals surface area contributed by atoms with E-state index in [-0.39, 0.29) is 24.2 Å². The first-order chi connectivity index (χ1) is 10.2. The summed E-state index contributed by atoms with van der Waals surface area (Å²) in [6.07, 6.45) is 3.16. The van der Waals surface area contributed by atoms with Crippen molar-refractivity contribution >= 4 is 5.91 Å². The predicted octanol–water partition coefficient (Wildman–Crippen LogP) is 2.38. The van der Waals surface area contributed by atoms with Crippen LogP contribution < -0.4 is 5.32 Å². The van der Waals surface area contributed by atoms with Crippen molar-refractivity contribution in [3.05, 3.63) is 35.4 Å². The Morgan fingerprint density at radius 3 is 2.71 bits per heavy atom. The highest BCUT2D eigenvalue weighted by atomic mass is 16.5. The molecule has 114 valence electrons. The Balaban J connectivity index is 1.81. The lowest BCUT2D eigenvalue weighted by Gasteiger charge is -2.27. The summed E-state index contributed by atoms with van der Waals surface area (Å²) in [5.41, 5.74) is 2.39. The number of carbonyl (C=O) groups is 1. The highest BCUT2D eigenvalue weighted by molar-refractivity contribution is 5.84. The minimum absolute atomic E-state index is 0.0211. The van der Waals surface area contributed by atoms with E-state index < -0.39 is 0 Å². The summed E-state index contributed by atoms with van der Waals surface area (Å²) in [6, 6.07) is 8.36. The van der Waals surface area contributed by atoms with E-state index in [4.69, 9.17) is 4.74 Å². The molecular weight excluding hydrogens is 264 g/mol. The quantitative estimate of drug-likeness (QED) is 0.925. The number of ether oxygens (including phenoxy) is 1. The molecule has 0 spiro atoms. The van der Waals surface area contributed by atoms with Gasteiger partial charge < -0.3 is 9.64 Å². The maximum atomic E-state index is 12.6. The van der Waals surface area contributed by atoms with Crippen LogP contribution >= 0.6 is 0 Å². The van der Waals surface area contributed by atoms with Gasteiger partial charge in [0, 0.05) is 13.2 Å². The first-order valence-corrected chi connectivity index (χ1v) is 7.93. The third-order valence-corrected chi connectivity index (χ3v) is 4.48. The van der Waals surface area contributed by atoms with Crippen molar-refractivity contribution in [3.63, 3.8) is 0 Å².